The van der Waals surface area contributed by atoms with E-state index >= 15 is 0 Å². The molecule has 1 amide bonds. The average Bonchev–Trinajstić information content (AvgIpc) is 3.10. The molecule has 0 unspecified atom stereocenters. The predicted octanol–water partition coefficient (Wildman–Crippen LogP) is 2.99. The number of benzene rings is 1. The normalized spacial score (nSPS) is 15.2. The molecule has 1 aliphatic heterocycles. The van der Waals surface area contributed by atoms with Gasteiger partial charge in [-0.05, 0) is 19.0 Å². The fraction of sp³-hybridized carbons (Fsp3) is 0.409. The maximum absolute atomic E-state index is 13.2. The molecule has 1 aromatic carbocycles. The molecule has 3 heterocycles. The van der Waals surface area contributed by atoms with E-state index in [9.17, 15) is 9.59 Å². The first-order valence-corrected chi connectivity index (χ1v) is 10.9. The second-order valence-corrected chi connectivity index (χ2v) is 8.59. The van der Waals surface area contributed by atoms with Crippen molar-refractivity contribution >= 4 is 27.5 Å². The van der Waals surface area contributed by atoms with Gasteiger partial charge in [-0.3, -0.25) is 14.2 Å². The Bertz CT molecular complexity index is 1070. The summed E-state index contributed by atoms with van der Waals surface area (Å²) in [6.07, 6.45) is 1.90. The predicted molar refractivity (Wildman–Crippen MR) is 117 cm³/mol. The molecule has 152 valence electrons. The molecule has 2 aromatic heterocycles. The molecule has 0 bridgehead atoms. The van der Waals surface area contributed by atoms with Crippen molar-refractivity contribution in [2.75, 3.05) is 32.7 Å². The number of fused-ring (bicyclic) bond motifs is 1. The van der Waals surface area contributed by atoms with Crippen molar-refractivity contribution in [1.82, 2.24) is 19.4 Å². The number of aryl methyl sites for hydroxylation is 2. The van der Waals surface area contributed by atoms with Gasteiger partial charge in [-0.2, -0.15) is 0 Å². The van der Waals surface area contributed by atoms with Crippen molar-refractivity contribution in [3.8, 4) is 11.1 Å². The highest BCUT2D eigenvalue weighted by molar-refractivity contribution is 7.19. The van der Waals surface area contributed by atoms with Crippen molar-refractivity contribution in [2.45, 2.75) is 26.8 Å². The van der Waals surface area contributed by atoms with Crippen LogP contribution in [-0.2, 0) is 11.3 Å². The van der Waals surface area contributed by atoms with Crippen LogP contribution in [0.25, 0.3) is 21.3 Å². The second-order valence-electron chi connectivity index (χ2n) is 7.39. The molecule has 29 heavy (non-hydrogen) atoms. The number of rotatable bonds is 5. The van der Waals surface area contributed by atoms with Crippen LogP contribution in [0.3, 0.4) is 0 Å². The quantitative estimate of drug-likeness (QED) is 0.649. The summed E-state index contributed by atoms with van der Waals surface area (Å²) in [5.74, 6) is 0.109. The van der Waals surface area contributed by atoms with Crippen molar-refractivity contribution < 1.29 is 4.79 Å². The number of nitrogens with zero attached hydrogens (tertiary/aromatic N) is 4. The molecule has 1 saturated heterocycles. The molecule has 3 aromatic rings. The van der Waals surface area contributed by atoms with E-state index in [4.69, 9.17) is 0 Å². The summed E-state index contributed by atoms with van der Waals surface area (Å²) in [6, 6.07) is 9.96. The fourth-order valence-corrected chi connectivity index (χ4v) is 4.94. The van der Waals surface area contributed by atoms with Crippen molar-refractivity contribution in [1.29, 1.82) is 0 Å². The number of piperazine rings is 1. The Labute approximate surface area is 174 Å². The van der Waals surface area contributed by atoms with Gasteiger partial charge in [-0.25, -0.2) is 4.98 Å². The number of thiophene rings is 1. The average molecular weight is 411 g/mol. The van der Waals surface area contributed by atoms with E-state index in [1.165, 1.54) is 0 Å². The Morgan fingerprint density at radius 3 is 2.55 bits per heavy atom. The number of amides is 1. The highest BCUT2D eigenvalue weighted by atomic mass is 32.1. The van der Waals surface area contributed by atoms with E-state index in [1.54, 1.807) is 22.2 Å². The molecule has 0 aliphatic carbocycles. The van der Waals surface area contributed by atoms with Gasteiger partial charge in [0.2, 0.25) is 5.91 Å². The Morgan fingerprint density at radius 1 is 1.14 bits per heavy atom. The third-order valence-electron chi connectivity index (χ3n) is 5.66. The van der Waals surface area contributed by atoms with Gasteiger partial charge >= 0.3 is 0 Å². The Morgan fingerprint density at radius 2 is 1.86 bits per heavy atom. The van der Waals surface area contributed by atoms with Gasteiger partial charge < -0.3 is 9.80 Å². The zero-order valence-corrected chi connectivity index (χ0v) is 17.7. The van der Waals surface area contributed by atoms with Crippen LogP contribution in [0.2, 0.25) is 0 Å². The second kappa shape index (κ2) is 8.47. The third kappa shape index (κ3) is 3.97. The maximum atomic E-state index is 13.2. The Balaban J connectivity index is 1.55. The molecule has 0 saturated carbocycles. The van der Waals surface area contributed by atoms with Crippen LogP contribution in [0.15, 0.2) is 41.5 Å². The molecule has 1 fully saturated rings. The van der Waals surface area contributed by atoms with Gasteiger partial charge in [0, 0.05) is 49.6 Å². The first-order valence-electron chi connectivity index (χ1n) is 10.1. The summed E-state index contributed by atoms with van der Waals surface area (Å²) in [5, 5.41) is 0.658. The van der Waals surface area contributed by atoms with E-state index in [1.807, 2.05) is 42.2 Å². The summed E-state index contributed by atoms with van der Waals surface area (Å²) in [5.41, 5.74) is 1.92. The molecule has 6 nitrogen and oxygen atoms in total. The highest BCUT2D eigenvalue weighted by Crippen LogP contribution is 2.35. The maximum Gasteiger partial charge on any atom is 0.262 e. The van der Waals surface area contributed by atoms with Crippen molar-refractivity contribution in [3.63, 3.8) is 0 Å². The summed E-state index contributed by atoms with van der Waals surface area (Å²) >= 11 is 1.54. The Hall–Kier alpha value is -2.51. The lowest BCUT2D eigenvalue weighted by atomic mass is 10.0. The zero-order valence-electron chi connectivity index (χ0n) is 16.9. The van der Waals surface area contributed by atoms with E-state index in [0.29, 0.717) is 18.4 Å². The molecule has 7 heteroatoms. The highest BCUT2D eigenvalue weighted by Gasteiger charge is 2.21. The molecule has 0 radical (unpaired) electrons. The number of hydrogen-bond acceptors (Lipinski definition) is 5. The first kappa shape index (κ1) is 19.8. The molecular formula is C22H26N4O2S. The van der Waals surface area contributed by atoms with Crippen LogP contribution in [0.5, 0.6) is 0 Å². The smallest absolute Gasteiger partial charge is 0.262 e. The van der Waals surface area contributed by atoms with Gasteiger partial charge in [0.05, 0.1) is 11.7 Å². The monoisotopic (exact) mass is 410 g/mol. The summed E-state index contributed by atoms with van der Waals surface area (Å²) in [6.45, 7) is 8.92. The number of carbonyl (C=O) groups is 1. The summed E-state index contributed by atoms with van der Waals surface area (Å²) < 4.78 is 1.58. The molecular weight excluding hydrogens is 384 g/mol. The lowest BCUT2D eigenvalue weighted by molar-refractivity contribution is -0.133. The van der Waals surface area contributed by atoms with Crippen LogP contribution in [0.4, 0.5) is 0 Å². The van der Waals surface area contributed by atoms with Gasteiger partial charge in [-0.1, -0.05) is 37.3 Å². The number of likely N-dealkylation sites (N-methyl/N-ethyl adjacent to an activating group) is 1. The van der Waals surface area contributed by atoms with Crippen LogP contribution < -0.4 is 5.56 Å². The molecule has 0 N–H and O–H groups in total. The van der Waals surface area contributed by atoms with Crippen LogP contribution in [0, 0.1) is 6.92 Å². The fourth-order valence-electron chi connectivity index (χ4n) is 3.94. The van der Waals surface area contributed by atoms with Gasteiger partial charge in [0.15, 0.2) is 0 Å². The molecule has 0 spiro atoms. The minimum Gasteiger partial charge on any atom is -0.340 e. The molecule has 0 atom stereocenters. The minimum atomic E-state index is -0.0678. The third-order valence-corrected chi connectivity index (χ3v) is 6.67. The van der Waals surface area contributed by atoms with Crippen molar-refractivity contribution in [2.24, 2.45) is 0 Å². The van der Waals surface area contributed by atoms with Crippen molar-refractivity contribution in [3.05, 3.63) is 51.9 Å². The van der Waals surface area contributed by atoms with Gasteiger partial charge in [0.25, 0.3) is 5.56 Å². The minimum absolute atomic E-state index is 0.0678. The van der Waals surface area contributed by atoms with E-state index in [2.05, 4.69) is 16.8 Å². The molecule has 1 aliphatic rings. The molecule has 4 rings (SSSR count). The zero-order chi connectivity index (χ0) is 20.4. The van der Waals surface area contributed by atoms with Crippen LogP contribution in [0.1, 0.15) is 18.2 Å². The summed E-state index contributed by atoms with van der Waals surface area (Å²) in [4.78, 5) is 36.4. The SMILES string of the molecule is CCN1CCN(C(=O)CCn2cnc3sc(C)c(-c4ccccc4)c3c2=O)CC1. The lowest BCUT2D eigenvalue weighted by Gasteiger charge is -2.34. The van der Waals surface area contributed by atoms with E-state index in [-0.39, 0.29) is 11.5 Å². The topological polar surface area (TPSA) is 58.4 Å². The van der Waals surface area contributed by atoms with Crippen LogP contribution in [-0.4, -0.2) is 58.0 Å². The van der Waals surface area contributed by atoms with E-state index < -0.39 is 0 Å². The van der Waals surface area contributed by atoms with E-state index in [0.717, 1.165) is 53.6 Å². The number of aromatic nitrogens is 2. The Kier molecular flexibility index (Phi) is 5.78. The van der Waals surface area contributed by atoms with Gasteiger partial charge in [-0.15, -0.1) is 11.3 Å². The largest absolute Gasteiger partial charge is 0.340 e. The van der Waals surface area contributed by atoms with Crippen LogP contribution >= 0.6 is 11.3 Å². The summed E-state index contributed by atoms with van der Waals surface area (Å²) in [7, 11) is 0. The standard InChI is InChI=1S/C22H26N4O2S/c1-3-24-11-13-25(14-12-24)18(27)9-10-26-15-23-21-20(22(26)28)19(16(2)29-21)17-7-5-4-6-8-17/h4-8,15H,3,9-14H2,1-2H3. The lowest BCUT2D eigenvalue weighted by Crippen LogP contribution is -2.48. The van der Waals surface area contributed by atoms with Gasteiger partial charge in [0.1, 0.15) is 4.83 Å². The number of hydrogen-bond donors (Lipinski definition) is 0. The first-order chi connectivity index (χ1) is 14.1. The number of carbonyl (C=O) groups excluding carboxylic acids is 1.